The quantitative estimate of drug-likeness (QED) is 0.611. The summed E-state index contributed by atoms with van der Waals surface area (Å²) in [6.07, 6.45) is 1.82. The third-order valence-electron chi connectivity index (χ3n) is 2.91. The third kappa shape index (κ3) is 2.62. The van der Waals surface area contributed by atoms with Gasteiger partial charge in [0.1, 0.15) is 11.4 Å². The molecule has 3 nitrogen and oxygen atoms in total. The highest BCUT2D eigenvalue weighted by Crippen LogP contribution is 2.19. The third-order valence-corrected chi connectivity index (χ3v) is 2.91. The van der Waals surface area contributed by atoms with E-state index in [9.17, 15) is 4.79 Å². The molecule has 18 heavy (non-hydrogen) atoms. The van der Waals surface area contributed by atoms with Crippen LogP contribution >= 0.6 is 0 Å². The summed E-state index contributed by atoms with van der Waals surface area (Å²) in [7, 11) is 1.82. The minimum absolute atomic E-state index is 0.334. The van der Waals surface area contributed by atoms with Gasteiger partial charge in [0, 0.05) is 13.2 Å². The van der Waals surface area contributed by atoms with Crippen LogP contribution < -0.4 is 4.74 Å². The van der Waals surface area contributed by atoms with Crippen molar-refractivity contribution in [3.05, 3.63) is 53.9 Å². The van der Waals surface area contributed by atoms with E-state index in [2.05, 4.69) is 13.8 Å². The van der Waals surface area contributed by atoms with Gasteiger partial charge in [-0.3, -0.25) is 0 Å². The number of aromatic nitrogens is 1. The summed E-state index contributed by atoms with van der Waals surface area (Å²) < 4.78 is 7.06. The molecule has 2 aromatic rings. The molecular formula is C15H17NO2. The van der Waals surface area contributed by atoms with Crippen LogP contribution in [0.3, 0.4) is 0 Å². The molecule has 2 rings (SSSR count). The molecule has 1 heterocycles. The zero-order valence-corrected chi connectivity index (χ0v) is 10.9. The summed E-state index contributed by atoms with van der Waals surface area (Å²) in [6, 6.07) is 11.2. The predicted molar refractivity (Wildman–Crippen MR) is 70.9 cm³/mol. The van der Waals surface area contributed by atoms with Crippen molar-refractivity contribution in [3.63, 3.8) is 0 Å². The first-order chi connectivity index (χ1) is 8.58. The topological polar surface area (TPSA) is 31.2 Å². The van der Waals surface area contributed by atoms with E-state index < -0.39 is 0 Å². The summed E-state index contributed by atoms with van der Waals surface area (Å²) in [5.41, 5.74) is 1.77. The van der Waals surface area contributed by atoms with E-state index >= 15 is 0 Å². The van der Waals surface area contributed by atoms with E-state index in [1.807, 2.05) is 43.6 Å². The minimum Gasteiger partial charge on any atom is -0.422 e. The SMILES string of the molecule is CC(C)c1ccc(OC(=O)c2cccn2C)cc1. The Hall–Kier alpha value is -2.03. The number of carbonyl (C=O) groups is 1. The van der Waals surface area contributed by atoms with E-state index in [1.165, 1.54) is 5.56 Å². The van der Waals surface area contributed by atoms with Crippen LogP contribution in [0.15, 0.2) is 42.6 Å². The van der Waals surface area contributed by atoms with Crippen LogP contribution in [0.5, 0.6) is 5.75 Å². The molecule has 0 amide bonds. The lowest BCUT2D eigenvalue weighted by Crippen LogP contribution is -2.12. The fourth-order valence-electron chi connectivity index (χ4n) is 1.75. The van der Waals surface area contributed by atoms with Crippen LogP contribution in [-0.4, -0.2) is 10.5 Å². The highest BCUT2D eigenvalue weighted by atomic mass is 16.5. The van der Waals surface area contributed by atoms with Gasteiger partial charge in [-0.25, -0.2) is 4.79 Å². The van der Waals surface area contributed by atoms with Gasteiger partial charge in [0.25, 0.3) is 0 Å². The van der Waals surface area contributed by atoms with Crippen molar-refractivity contribution >= 4 is 5.97 Å². The number of aryl methyl sites for hydroxylation is 1. The zero-order valence-electron chi connectivity index (χ0n) is 10.9. The molecule has 94 valence electrons. The Morgan fingerprint density at radius 1 is 1.17 bits per heavy atom. The standard InChI is InChI=1S/C15H17NO2/c1-11(2)12-6-8-13(9-7-12)18-15(17)14-5-4-10-16(14)3/h4-11H,1-3H3. The summed E-state index contributed by atoms with van der Waals surface area (Å²) in [4.78, 5) is 11.9. The fraction of sp³-hybridized carbons (Fsp3) is 0.267. The number of hydrogen-bond donors (Lipinski definition) is 0. The molecule has 0 spiro atoms. The molecule has 1 aromatic heterocycles. The maximum absolute atomic E-state index is 11.9. The molecule has 0 unspecified atom stereocenters. The van der Waals surface area contributed by atoms with Crippen molar-refractivity contribution in [1.29, 1.82) is 0 Å². The van der Waals surface area contributed by atoms with Crippen LogP contribution in [0.4, 0.5) is 0 Å². The number of ether oxygens (including phenoxy) is 1. The number of carbonyl (C=O) groups excluding carboxylic acids is 1. The molecular weight excluding hydrogens is 226 g/mol. The van der Waals surface area contributed by atoms with Crippen molar-refractivity contribution in [2.75, 3.05) is 0 Å². The Labute approximate surface area is 107 Å². The van der Waals surface area contributed by atoms with Crippen molar-refractivity contribution in [1.82, 2.24) is 4.57 Å². The molecule has 0 radical (unpaired) electrons. The van der Waals surface area contributed by atoms with Gasteiger partial charge < -0.3 is 9.30 Å². The molecule has 0 saturated carbocycles. The van der Waals surface area contributed by atoms with Crippen molar-refractivity contribution in [2.24, 2.45) is 7.05 Å². The molecule has 0 saturated heterocycles. The summed E-state index contributed by atoms with van der Waals surface area (Å²) >= 11 is 0. The Morgan fingerprint density at radius 3 is 2.33 bits per heavy atom. The van der Waals surface area contributed by atoms with Crippen LogP contribution in [0.1, 0.15) is 35.8 Å². The van der Waals surface area contributed by atoms with E-state index in [0.717, 1.165) is 0 Å². The van der Waals surface area contributed by atoms with Crippen molar-refractivity contribution in [2.45, 2.75) is 19.8 Å². The van der Waals surface area contributed by atoms with Gasteiger partial charge in [-0.15, -0.1) is 0 Å². The Morgan fingerprint density at radius 2 is 1.83 bits per heavy atom. The first-order valence-corrected chi connectivity index (χ1v) is 6.01. The number of hydrogen-bond acceptors (Lipinski definition) is 2. The molecule has 0 aliphatic rings. The molecule has 0 atom stereocenters. The number of esters is 1. The Kier molecular flexibility index (Phi) is 3.51. The molecule has 0 bridgehead atoms. The zero-order chi connectivity index (χ0) is 13.1. The van der Waals surface area contributed by atoms with E-state index in [0.29, 0.717) is 17.4 Å². The summed E-state index contributed by atoms with van der Waals surface area (Å²) in [5, 5.41) is 0. The molecule has 0 aliphatic carbocycles. The van der Waals surface area contributed by atoms with Gasteiger partial charge in [-0.05, 0) is 35.7 Å². The van der Waals surface area contributed by atoms with Gasteiger partial charge in [0.05, 0.1) is 0 Å². The van der Waals surface area contributed by atoms with E-state index in [-0.39, 0.29) is 5.97 Å². The van der Waals surface area contributed by atoms with Crippen LogP contribution in [-0.2, 0) is 7.05 Å². The largest absolute Gasteiger partial charge is 0.422 e. The monoisotopic (exact) mass is 243 g/mol. The average Bonchev–Trinajstić information content (AvgIpc) is 2.76. The van der Waals surface area contributed by atoms with Gasteiger partial charge >= 0.3 is 5.97 Å². The number of benzene rings is 1. The van der Waals surface area contributed by atoms with Crippen LogP contribution in [0.2, 0.25) is 0 Å². The van der Waals surface area contributed by atoms with Gasteiger partial charge in [-0.2, -0.15) is 0 Å². The van der Waals surface area contributed by atoms with Crippen LogP contribution in [0, 0.1) is 0 Å². The first-order valence-electron chi connectivity index (χ1n) is 6.01. The lowest BCUT2D eigenvalue weighted by molar-refractivity contribution is 0.0725. The highest BCUT2D eigenvalue weighted by Gasteiger charge is 2.11. The summed E-state index contributed by atoms with van der Waals surface area (Å²) in [6.45, 7) is 4.26. The van der Waals surface area contributed by atoms with Crippen molar-refractivity contribution < 1.29 is 9.53 Å². The van der Waals surface area contributed by atoms with Gasteiger partial charge in [-0.1, -0.05) is 26.0 Å². The minimum atomic E-state index is -0.334. The van der Waals surface area contributed by atoms with E-state index in [1.54, 1.807) is 10.6 Å². The first kappa shape index (κ1) is 12.4. The molecule has 0 fully saturated rings. The fourth-order valence-corrected chi connectivity index (χ4v) is 1.75. The number of rotatable bonds is 3. The maximum Gasteiger partial charge on any atom is 0.360 e. The lowest BCUT2D eigenvalue weighted by Gasteiger charge is -2.08. The normalized spacial score (nSPS) is 10.7. The smallest absolute Gasteiger partial charge is 0.360 e. The maximum atomic E-state index is 11.9. The Bertz CT molecular complexity index is 538. The molecule has 1 aromatic carbocycles. The van der Waals surface area contributed by atoms with Gasteiger partial charge in [0.2, 0.25) is 0 Å². The molecule has 3 heteroatoms. The average molecular weight is 243 g/mol. The lowest BCUT2D eigenvalue weighted by atomic mass is 10.0. The van der Waals surface area contributed by atoms with E-state index in [4.69, 9.17) is 4.74 Å². The molecule has 0 N–H and O–H groups in total. The second-order valence-electron chi connectivity index (χ2n) is 4.62. The van der Waals surface area contributed by atoms with Crippen molar-refractivity contribution in [3.8, 4) is 5.75 Å². The second-order valence-corrected chi connectivity index (χ2v) is 4.62. The van der Waals surface area contributed by atoms with Gasteiger partial charge in [0.15, 0.2) is 0 Å². The molecule has 0 aliphatic heterocycles. The summed E-state index contributed by atoms with van der Waals surface area (Å²) in [5.74, 6) is 0.716. The Balaban J connectivity index is 2.10. The number of nitrogens with zero attached hydrogens (tertiary/aromatic N) is 1. The highest BCUT2D eigenvalue weighted by molar-refractivity contribution is 5.89. The van der Waals surface area contributed by atoms with Crippen LogP contribution in [0.25, 0.3) is 0 Å². The predicted octanol–water partition coefficient (Wildman–Crippen LogP) is 3.37. The second kappa shape index (κ2) is 5.08.